The van der Waals surface area contributed by atoms with Crippen molar-refractivity contribution in [1.82, 2.24) is 0 Å². The lowest BCUT2D eigenvalue weighted by Crippen LogP contribution is -2.15. The van der Waals surface area contributed by atoms with Crippen molar-refractivity contribution in [3.8, 4) is 0 Å². The zero-order valence-electron chi connectivity index (χ0n) is 7.25. The van der Waals surface area contributed by atoms with Crippen LogP contribution in [-0.4, -0.2) is 6.18 Å². The molecule has 2 nitrogen and oxygen atoms in total. The maximum absolute atomic E-state index is 11.8. The molecule has 0 aromatic carbocycles. The van der Waals surface area contributed by atoms with Crippen LogP contribution in [0.3, 0.4) is 0 Å². The van der Waals surface area contributed by atoms with E-state index in [4.69, 9.17) is 10.2 Å². The quantitative estimate of drug-likeness (QED) is 0.865. The van der Waals surface area contributed by atoms with E-state index in [1.807, 2.05) is 0 Å². The maximum Gasteiger partial charge on any atom is 0.389 e. The number of alkyl halides is 3. The lowest BCUT2D eigenvalue weighted by Gasteiger charge is -2.10. The molecular weight excluding hydrogens is 219 g/mol. The second-order valence-corrected chi connectivity index (χ2v) is 2.78. The van der Waals surface area contributed by atoms with Crippen LogP contribution in [0.15, 0.2) is 22.8 Å². The molecule has 2 N–H and O–H groups in total. The molecule has 6 heteroatoms. The lowest BCUT2D eigenvalue weighted by molar-refractivity contribution is -0.136. The molecule has 0 amide bonds. The van der Waals surface area contributed by atoms with E-state index in [1.54, 1.807) is 12.1 Å². The van der Waals surface area contributed by atoms with Crippen LogP contribution in [0.1, 0.15) is 24.6 Å². The standard InChI is InChI=1S/C8H10F3NO.ClH/c9-8(10,11)4-3-6(12)7-2-1-5-13-7;/h1-2,5-6H,3-4,12H2;1H/t6-;/m1./s1. The zero-order chi connectivity index (χ0) is 9.90. The summed E-state index contributed by atoms with van der Waals surface area (Å²) in [6, 6.07) is 2.50. The van der Waals surface area contributed by atoms with Crippen LogP contribution in [0.25, 0.3) is 0 Å². The van der Waals surface area contributed by atoms with Crippen LogP contribution in [0.2, 0.25) is 0 Å². The molecule has 1 aromatic heterocycles. The maximum atomic E-state index is 11.8. The molecule has 0 aliphatic rings. The number of hydrogen-bond acceptors (Lipinski definition) is 2. The van der Waals surface area contributed by atoms with E-state index in [0.717, 1.165) is 0 Å². The summed E-state index contributed by atoms with van der Waals surface area (Å²) < 4.78 is 40.2. The summed E-state index contributed by atoms with van der Waals surface area (Å²) >= 11 is 0. The van der Waals surface area contributed by atoms with Crippen LogP contribution in [0.4, 0.5) is 13.2 Å². The highest BCUT2D eigenvalue weighted by atomic mass is 35.5. The Morgan fingerprint density at radius 3 is 2.50 bits per heavy atom. The minimum Gasteiger partial charge on any atom is -0.468 e. The predicted octanol–water partition coefficient (Wildman–Crippen LogP) is 3.04. The number of rotatable bonds is 3. The highest BCUT2D eigenvalue weighted by Crippen LogP contribution is 2.26. The third-order valence-corrected chi connectivity index (χ3v) is 1.65. The van der Waals surface area contributed by atoms with Gasteiger partial charge in [-0.15, -0.1) is 12.4 Å². The molecule has 0 spiro atoms. The first-order chi connectivity index (χ1) is 5.99. The summed E-state index contributed by atoms with van der Waals surface area (Å²) in [7, 11) is 0. The molecule has 0 aliphatic carbocycles. The smallest absolute Gasteiger partial charge is 0.389 e. The van der Waals surface area contributed by atoms with Gasteiger partial charge in [0, 0.05) is 6.42 Å². The van der Waals surface area contributed by atoms with Crippen molar-refractivity contribution in [2.75, 3.05) is 0 Å². The first-order valence-corrected chi connectivity index (χ1v) is 3.85. The van der Waals surface area contributed by atoms with Gasteiger partial charge in [-0.1, -0.05) is 0 Å². The van der Waals surface area contributed by atoms with Crippen molar-refractivity contribution in [1.29, 1.82) is 0 Å². The van der Waals surface area contributed by atoms with Crippen molar-refractivity contribution >= 4 is 12.4 Å². The van der Waals surface area contributed by atoms with Gasteiger partial charge in [0.15, 0.2) is 0 Å². The normalized spacial score (nSPS) is 13.4. The molecule has 1 aromatic rings. The van der Waals surface area contributed by atoms with E-state index in [0.29, 0.717) is 5.76 Å². The van der Waals surface area contributed by atoms with Crippen molar-refractivity contribution in [2.24, 2.45) is 5.73 Å². The van der Waals surface area contributed by atoms with Crippen LogP contribution in [0, 0.1) is 0 Å². The van der Waals surface area contributed by atoms with Gasteiger partial charge in [-0.3, -0.25) is 0 Å². The topological polar surface area (TPSA) is 39.2 Å². The Balaban J connectivity index is 0.00000169. The molecule has 0 saturated heterocycles. The second kappa shape index (κ2) is 5.26. The summed E-state index contributed by atoms with van der Waals surface area (Å²) in [6.45, 7) is 0. The van der Waals surface area contributed by atoms with Gasteiger partial charge < -0.3 is 10.2 Å². The largest absolute Gasteiger partial charge is 0.468 e. The molecule has 0 radical (unpaired) electrons. The molecule has 1 atom stereocenters. The Hall–Kier alpha value is -0.680. The van der Waals surface area contributed by atoms with Gasteiger partial charge in [-0.05, 0) is 18.6 Å². The SMILES string of the molecule is Cl.N[C@H](CCC(F)(F)F)c1ccco1. The first-order valence-electron chi connectivity index (χ1n) is 3.85. The van der Waals surface area contributed by atoms with E-state index in [1.165, 1.54) is 6.26 Å². The fourth-order valence-corrected chi connectivity index (χ4v) is 0.964. The van der Waals surface area contributed by atoms with Crippen molar-refractivity contribution < 1.29 is 17.6 Å². The highest BCUT2D eigenvalue weighted by molar-refractivity contribution is 5.85. The molecule has 1 rings (SSSR count). The lowest BCUT2D eigenvalue weighted by atomic mass is 10.1. The van der Waals surface area contributed by atoms with Gasteiger partial charge in [0.05, 0.1) is 12.3 Å². The predicted molar refractivity (Wildman–Crippen MR) is 48.2 cm³/mol. The van der Waals surface area contributed by atoms with Gasteiger partial charge in [-0.2, -0.15) is 13.2 Å². The summed E-state index contributed by atoms with van der Waals surface area (Å²) in [5.74, 6) is 0.393. The van der Waals surface area contributed by atoms with E-state index in [2.05, 4.69) is 0 Å². The first kappa shape index (κ1) is 13.3. The average molecular weight is 230 g/mol. The molecule has 0 aliphatic heterocycles. The van der Waals surface area contributed by atoms with Gasteiger partial charge in [0.25, 0.3) is 0 Å². The van der Waals surface area contributed by atoms with E-state index in [9.17, 15) is 13.2 Å². The summed E-state index contributed by atoms with van der Waals surface area (Å²) in [6.07, 6.45) is -3.78. The van der Waals surface area contributed by atoms with Gasteiger partial charge in [0.1, 0.15) is 5.76 Å². The third-order valence-electron chi connectivity index (χ3n) is 1.65. The average Bonchev–Trinajstić information content (AvgIpc) is 2.50. The molecule has 0 unspecified atom stereocenters. The van der Waals surface area contributed by atoms with E-state index < -0.39 is 18.6 Å². The van der Waals surface area contributed by atoms with Crippen LogP contribution in [-0.2, 0) is 0 Å². The molecule has 0 saturated carbocycles. The summed E-state index contributed by atoms with van der Waals surface area (Å²) in [5, 5.41) is 0. The molecule has 82 valence electrons. The van der Waals surface area contributed by atoms with Crippen LogP contribution >= 0.6 is 12.4 Å². The van der Waals surface area contributed by atoms with Gasteiger partial charge >= 0.3 is 6.18 Å². The van der Waals surface area contributed by atoms with Gasteiger partial charge in [0.2, 0.25) is 0 Å². The van der Waals surface area contributed by atoms with E-state index in [-0.39, 0.29) is 18.8 Å². The molecule has 0 bridgehead atoms. The second-order valence-electron chi connectivity index (χ2n) is 2.78. The third kappa shape index (κ3) is 4.53. The molecule has 0 fully saturated rings. The Bertz CT molecular complexity index is 248. The Kier molecular flexibility index (Phi) is 5.01. The fraction of sp³-hybridized carbons (Fsp3) is 0.500. The van der Waals surface area contributed by atoms with Crippen molar-refractivity contribution in [3.05, 3.63) is 24.2 Å². The van der Waals surface area contributed by atoms with Crippen molar-refractivity contribution in [3.63, 3.8) is 0 Å². The van der Waals surface area contributed by atoms with E-state index >= 15 is 0 Å². The number of halogens is 4. The van der Waals surface area contributed by atoms with Crippen LogP contribution in [0.5, 0.6) is 0 Å². The molecule has 1 heterocycles. The highest BCUT2D eigenvalue weighted by Gasteiger charge is 2.28. The summed E-state index contributed by atoms with van der Waals surface area (Å²) in [4.78, 5) is 0. The molecular formula is C8H11ClF3NO. The zero-order valence-corrected chi connectivity index (χ0v) is 8.07. The minimum atomic E-state index is -4.15. The minimum absolute atomic E-state index is 0. The molecule has 14 heavy (non-hydrogen) atoms. The summed E-state index contributed by atoms with van der Waals surface area (Å²) in [5.41, 5.74) is 5.45. The Morgan fingerprint density at radius 2 is 2.07 bits per heavy atom. The number of furan rings is 1. The monoisotopic (exact) mass is 229 g/mol. The van der Waals surface area contributed by atoms with Crippen LogP contribution < -0.4 is 5.73 Å². The van der Waals surface area contributed by atoms with Crippen molar-refractivity contribution in [2.45, 2.75) is 25.1 Å². The Morgan fingerprint density at radius 1 is 1.43 bits per heavy atom. The van der Waals surface area contributed by atoms with Gasteiger partial charge in [-0.25, -0.2) is 0 Å². The fourth-order valence-electron chi connectivity index (χ4n) is 0.964. The Labute approximate surface area is 85.7 Å². The number of hydrogen-bond donors (Lipinski definition) is 1. The number of nitrogens with two attached hydrogens (primary N) is 1.